The Labute approximate surface area is 183 Å². The maximum atomic E-state index is 13.2. The van der Waals surface area contributed by atoms with Crippen molar-refractivity contribution in [3.63, 3.8) is 0 Å². The second kappa shape index (κ2) is 9.41. The van der Waals surface area contributed by atoms with E-state index >= 15 is 0 Å². The maximum absolute atomic E-state index is 13.2. The predicted molar refractivity (Wildman–Crippen MR) is 118 cm³/mol. The van der Waals surface area contributed by atoms with Crippen LogP contribution in [0.3, 0.4) is 0 Å². The zero-order valence-electron chi connectivity index (χ0n) is 18.3. The van der Waals surface area contributed by atoms with Crippen LogP contribution in [0, 0.1) is 12.8 Å². The Balaban J connectivity index is 1.32. The zero-order chi connectivity index (χ0) is 21.8. The number of aryl methyl sites for hydroxylation is 1. The lowest BCUT2D eigenvalue weighted by Gasteiger charge is -2.36. The molecule has 6 heteroatoms. The molecule has 2 aromatic rings. The normalized spacial score (nSPS) is 18.5. The van der Waals surface area contributed by atoms with Crippen LogP contribution in [0.25, 0.3) is 0 Å². The van der Waals surface area contributed by atoms with Crippen molar-refractivity contribution in [2.75, 3.05) is 32.8 Å². The molecule has 31 heavy (non-hydrogen) atoms. The van der Waals surface area contributed by atoms with Crippen LogP contribution >= 0.6 is 0 Å². The summed E-state index contributed by atoms with van der Waals surface area (Å²) in [6.07, 6.45) is 1.21. The number of carbonyl (C=O) groups is 2. The largest absolute Gasteiger partial charge is 0.486 e. The highest BCUT2D eigenvalue weighted by molar-refractivity contribution is 5.95. The number of benzene rings is 2. The Kier molecular flexibility index (Phi) is 6.44. The third kappa shape index (κ3) is 4.68. The van der Waals surface area contributed by atoms with Crippen molar-refractivity contribution in [2.24, 2.45) is 5.92 Å². The van der Waals surface area contributed by atoms with Crippen molar-refractivity contribution in [3.05, 3.63) is 59.7 Å². The van der Waals surface area contributed by atoms with E-state index < -0.39 is 0 Å². The standard InChI is InChI=1S/C25H30N2O4/c1-3-26(16-20-17-30-22-10-6-7-11-23(22)31-20)24(28)19-12-14-27(15-13-19)25(29)21-9-5-4-8-18(21)2/h4-11,19-20H,3,12-17H2,1-2H3. The number of amides is 2. The van der Waals surface area contributed by atoms with E-state index in [-0.39, 0.29) is 23.8 Å². The fraction of sp³-hybridized carbons (Fsp3) is 0.440. The number of fused-ring (bicyclic) bond motifs is 1. The van der Waals surface area contributed by atoms with E-state index in [0.717, 1.165) is 22.6 Å². The van der Waals surface area contributed by atoms with Crippen LogP contribution in [-0.4, -0.2) is 60.5 Å². The molecular formula is C25H30N2O4. The minimum absolute atomic E-state index is 0.0577. The maximum Gasteiger partial charge on any atom is 0.254 e. The summed E-state index contributed by atoms with van der Waals surface area (Å²) >= 11 is 0. The fourth-order valence-corrected chi connectivity index (χ4v) is 4.34. The molecule has 164 valence electrons. The highest BCUT2D eigenvalue weighted by atomic mass is 16.6. The van der Waals surface area contributed by atoms with Crippen molar-refractivity contribution in [2.45, 2.75) is 32.8 Å². The predicted octanol–water partition coefficient (Wildman–Crippen LogP) is 3.54. The molecule has 1 fully saturated rings. The van der Waals surface area contributed by atoms with Gasteiger partial charge in [0.2, 0.25) is 5.91 Å². The molecule has 2 aliphatic rings. The van der Waals surface area contributed by atoms with Gasteiger partial charge in [-0.05, 0) is 50.5 Å². The summed E-state index contributed by atoms with van der Waals surface area (Å²) in [7, 11) is 0. The second-order valence-corrected chi connectivity index (χ2v) is 8.26. The second-order valence-electron chi connectivity index (χ2n) is 8.26. The molecule has 0 N–H and O–H groups in total. The zero-order valence-corrected chi connectivity index (χ0v) is 18.3. The highest BCUT2D eigenvalue weighted by Crippen LogP contribution is 2.31. The molecule has 0 radical (unpaired) electrons. The van der Waals surface area contributed by atoms with Gasteiger partial charge in [-0.15, -0.1) is 0 Å². The first kappa shape index (κ1) is 21.2. The number of para-hydroxylation sites is 2. The number of likely N-dealkylation sites (tertiary alicyclic amines) is 1. The van der Waals surface area contributed by atoms with Crippen LogP contribution in [0.2, 0.25) is 0 Å². The SMILES string of the molecule is CCN(CC1COc2ccccc2O1)C(=O)C1CCN(C(=O)c2ccccc2C)CC1. The lowest BCUT2D eigenvalue weighted by molar-refractivity contribution is -0.138. The van der Waals surface area contributed by atoms with Crippen LogP contribution in [0.5, 0.6) is 11.5 Å². The van der Waals surface area contributed by atoms with E-state index in [2.05, 4.69) is 0 Å². The van der Waals surface area contributed by atoms with Crippen LogP contribution in [0.4, 0.5) is 0 Å². The van der Waals surface area contributed by atoms with Gasteiger partial charge in [0.25, 0.3) is 5.91 Å². The number of hydrogen-bond acceptors (Lipinski definition) is 4. The molecule has 0 aromatic heterocycles. The molecule has 1 atom stereocenters. The number of carbonyl (C=O) groups excluding carboxylic acids is 2. The van der Waals surface area contributed by atoms with Crippen LogP contribution in [-0.2, 0) is 4.79 Å². The molecule has 0 aliphatic carbocycles. The molecule has 1 unspecified atom stereocenters. The van der Waals surface area contributed by atoms with Gasteiger partial charge in [-0.2, -0.15) is 0 Å². The van der Waals surface area contributed by atoms with E-state index in [1.54, 1.807) is 0 Å². The van der Waals surface area contributed by atoms with E-state index in [9.17, 15) is 9.59 Å². The van der Waals surface area contributed by atoms with Gasteiger partial charge in [0, 0.05) is 31.1 Å². The lowest BCUT2D eigenvalue weighted by atomic mass is 9.94. The number of piperidine rings is 1. The molecule has 0 spiro atoms. The van der Waals surface area contributed by atoms with Crippen molar-refractivity contribution in [1.82, 2.24) is 9.80 Å². The minimum Gasteiger partial charge on any atom is -0.486 e. The summed E-state index contributed by atoms with van der Waals surface area (Å²) in [6, 6.07) is 15.3. The van der Waals surface area contributed by atoms with Gasteiger partial charge in [0.15, 0.2) is 17.6 Å². The minimum atomic E-state index is -0.179. The number of ether oxygens (including phenoxy) is 2. The van der Waals surface area contributed by atoms with Gasteiger partial charge in [-0.1, -0.05) is 30.3 Å². The Bertz CT molecular complexity index is 937. The van der Waals surface area contributed by atoms with Crippen molar-refractivity contribution >= 4 is 11.8 Å². The van der Waals surface area contributed by atoms with Crippen LogP contribution in [0.1, 0.15) is 35.7 Å². The van der Waals surface area contributed by atoms with E-state index in [1.165, 1.54) is 0 Å². The Morgan fingerprint density at radius 1 is 1.03 bits per heavy atom. The van der Waals surface area contributed by atoms with Crippen molar-refractivity contribution in [1.29, 1.82) is 0 Å². The van der Waals surface area contributed by atoms with Gasteiger partial charge in [0.1, 0.15) is 6.61 Å². The molecular weight excluding hydrogens is 392 g/mol. The molecule has 2 aliphatic heterocycles. The molecule has 2 aromatic carbocycles. The van der Waals surface area contributed by atoms with Gasteiger partial charge in [-0.25, -0.2) is 0 Å². The summed E-state index contributed by atoms with van der Waals surface area (Å²) in [6.45, 7) is 6.73. The summed E-state index contributed by atoms with van der Waals surface area (Å²) in [4.78, 5) is 29.8. The monoisotopic (exact) mass is 422 g/mol. The van der Waals surface area contributed by atoms with Crippen LogP contribution in [0.15, 0.2) is 48.5 Å². The van der Waals surface area contributed by atoms with E-state index in [1.807, 2.05) is 72.2 Å². The number of rotatable bonds is 5. The smallest absolute Gasteiger partial charge is 0.254 e. The first-order chi connectivity index (χ1) is 15.1. The Morgan fingerprint density at radius 3 is 2.42 bits per heavy atom. The molecule has 2 heterocycles. The van der Waals surface area contributed by atoms with Crippen LogP contribution < -0.4 is 9.47 Å². The molecule has 0 saturated carbocycles. The molecule has 0 bridgehead atoms. The topological polar surface area (TPSA) is 59.1 Å². The number of nitrogens with zero attached hydrogens (tertiary/aromatic N) is 2. The van der Waals surface area contributed by atoms with E-state index in [0.29, 0.717) is 45.6 Å². The number of hydrogen-bond donors (Lipinski definition) is 0. The van der Waals surface area contributed by atoms with Gasteiger partial charge in [-0.3, -0.25) is 9.59 Å². The summed E-state index contributed by atoms with van der Waals surface area (Å²) < 4.78 is 11.8. The van der Waals surface area contributed by atoms with Gasteiger partial charge < -0.3 is 19.3 Å². The molecule has 2 amide bonds. The third-order valence-corrected chi connectivity index (χ3v) is 6.19. The lowest BCUT2D eigenvalue weighted by Crippen LogP contribution is -2.48. The van der Waals surface area contributed by atoms with Crippen molar-refractivity contribution in [3.8, 4) is 11.5 Å². The highest BCUT2D eigenvalue weighted by Gasteiger charge is 2.32. The summed E-state index contributed by atoms with van der Waals surface area (Å²) in [5.74, 6) is 1.62. The first-order valence-electron chi connectivity index (χ1n) is 11.1. The fourth-order valence-electron chi connectivity index (χ4n) is 4.34. The average molecular weight is 423 g/mol. The third-order valence-electron chi connectivity index (χ3n) is 6.19. The van der Waals surface area contributed by atoms with E-state index in [4.69, 9.17) is 9.47 Å². The Hall–Kier alpha value is -3.02. The molecule has 6 nitrogen and oxygen atoms in total. The molecule has 4 rings (SSSR count). The van der Waals surface area contributed by atoms with Gasteiger partial charge in [0.05, 0.1) is 6.54 Å². The Morgan fingerprint density at radius 2 is 1.71 bits per heavy atom. The van der Waals surface area contributed by atoms with Gasteiger partial charge >= 0.3 is 0 Å². The van der Waals surface area contributed by atoms with Crippen molar-refractivity contribution < 1.29 is 19.1 Å². The first-order valence-corrected chi connectivity index (χ1v) is 11.1. The quantitative estimate of drug-likeness (QED) is 0.740. The molecule has 1 saturated heterocycles. The number of likely N-dealkylation sites (N-methyl/N-ethyl adjacent to an activating group) is 1. The summed E-state index contributed by atoms with van der Waals surface area (Å²) in [5, 5.41) is 0. The summed E-state index contributed by atoms with van der Waals surface area (Å²) in [5.41, 5.74) is 1.73. The average Bonchev–Trinajstić information content (AvgIpc) is 2.82.